The molecule has 3 aliphatic rings. The fourth-order valence-electron chi connectivity index (χ4n) is 4.54. The van der Waals surface area contributed by atoms with Gasteiger partial charge in [0.05, 0.1) is 0 Å². The third kappa shape index (κ3) is 2.99. The zero-order valence-corrected chi connectivity index (χ0v) is 14.5. The summed E-state index contributed by atoms with van der Waals surface area (Å²) in [6.45, 7) is 5.53. The maximum atomic E-state index is 4.56. The van der Waals surface area contributed by atoms with E-state index >= 15 is 0 Å². The molecule has 25 heavy (non-hydrogen) atoms. The minimum Gasteiger partial charge on any atom is -0.356 e. The van der Waals surface area contributed by atoms with Gasteiger partial charge in [-0.05, 0) is 24.7 Å². The van der Waals surface area contributed by atoms with Crippen molar-refractivity contribution in [1.29, 1.82) is 0 Å². The summed E-state index contributed by atoms with van der Waals surface area (Å²) in [6, 6.07) is 2.24. The molecule has 0 radical (unpaired) electrons. The van der Waals surface area contributed by atoms with Crippen LogP contribution in [0, 0.1) is 11.8 Å². The quantitative estimate of drug-likeness (QED) is 0.852. The highest BCUT2D eigenvalue weighted by Gasteiger charge is 2.40. The highest BCUT2D eigenvalue weighted by molar-refractivity contribution is 5.42. The van der Waals surface area contributed by atoms with Crippen LogP contribution in [0.4, 0.5) is 5.82 Å². The van der Waals surface area contributed by atoms with Gasteiger partial charge in [0, 0.05) is 68.4 Å². The maximum absolute atomic E-state index is 4.56. The number of fused-ring (bicyclic) bond motifs is 1. The first-order valence-electron chi connectivity index (χ1n) is 9.38. The Morgan fingerprint density at radius 1 is 0.920 bits per heavy atom. The topological polar surface area (TPSA) is 58.0 Å². The molecule has 2 aromatic rings. The highest BCUT2D eigenvalue weighted by atomic mass is 15.3. The molecule has 0 aromatic carbocycles. The molecule has 6 nitrogen and oxygen atoms in total. The molecule has 5 rings (SSSR count). The van der Waals surface area contributed by atoms with Crippen molar-refractivity contribution in [1.82, 2.24) is 24.8 Å². The van der Waals surface area contributed by atoms with Crippen LogP contribution in [0.2, 0.25) is 0 Å². The second-order valence-corrected chi connectivity index (χ2v) is 7.79. The highest BCUT2D eigenvalue weighted by Crippen LogP contribution is 2.37. The molecule has 1 saturated carbocycles. The average Bonchev–Trinajstić information content (AvgIpc) is 3.13. The van der Waals surface area contributed by atoms with E-state index in [0.29, 0.717) is 5.92 Å². The zero-order valence-electron chi connectivity index (χ0n) is 14.5. The van der Waals surface area contributed by atoms with Gasteiger partial charge < -0.3 is 4.90 Å². The lowest BCUT2D eigenvalue weighted by Crippen LogP contribution is -2.29. The molecule has 4 heterocycles. The summed E-state index contributed by atoms with van der Waals surface area (Å²) in [6.07, 6.45) is 11.1. The Labute approximate surface area is 148 Å². The summed E-state index contributed by atoms with van der Waals surface area (Å²) >= 11 is 0. The molecule has 130 valence electrons. The summed E-state index contributed by atoms with van der Waals surface area (Å²) in [5.41, 5.74) is 2.46. The molecular formula is C19H24N6. The number of hydrogen-bond donors (Lipinski definition) is 0. The molecule has 0 amide bonds. The van der Waals surface area contributed by atoms with Gasteiger partial charge in [0.2, 0.25) is 0 Å². The van der Waals surface area contributed by atoms with Crippen molar-refractivity contribution in [2.75, 3.05) is 31.1 Å². The monoisotopic (exact) mass is 336 g/mol. The Hall–Kier alpha value is -2.08. The summed E-state index contributed by atoms with van der Waals surface area (Å²) in [5.74, 6) is 3.29. The van der Waals surface area contributed by atoms with Crippen molar-refractivity contribution < 1.29 is 0 Å². The largest absolute Gasteiger partial charge is 0.356 e. The van der Waals surface area contributed by atoms with Crippen molar-refractivity contribution in [3.05, 3.63) is 42.4 Å². The number of anilines is 1. The summed E-state index contributed by atoms with van der Waals surface area (Å²) in [5, 5.41) is 0. The van der Waals surface area contributed by atoms with Crippen molar-refractivity contribution >= 4 is 5.82 Å². The van der Waals surface area contributed by atoms with Crippen molar-refractivity contribution in [2.24, 2.45) is 11.8 Å². The molecule has 2 unspecified atom stereocenters. The molecule has 6 heteroatoms. The van der Waals surface area contributed by atoms with Crippen LogP contribution >= 0.6 is 0 Å². The van der Waals surface area contributed by atoms with Gasteiger partial charge in [-0.3, -0.25) is 4.90 Å². The molecule has 0 bridgehead atoms. The fraction of sp³-hybridized carbons (Fsp3) is 0.579. The van der Waals surface area contributed by atoms with Crippen LogP contribution < -0.4 is 4.90 Å². The second kappa shape index (κ2) is 6.33. The van der Waals surface area contributed by atoms with Crippen molar-refractivity contribution in [3.63, 3.8) is 0 Å². The normalized spacial score (nSPS) is 26.6. The Bertz CT molecular complexity index is 718. The van der Waals surface area contributed by atoms with Crippen molar-refractivity contribution in [3.8, 4) is 0 Å². The summed E-state index contributed by atoms with van der Waals surface area (Å²) in [7, 11) is 0. The fourth-order valence-corrected chi connectivity index (χ4v) is 4.54. The Balaban J connectivity index is 1.22. The Morgan fingerprint density at radius 2 is 1.68 bits per heavy atom. The van der Waals surface area contributed by atoms with Crippen LogP contribution in [-0.4, -0.2) is 51.0 Å². The van der Waals surface area contributed by atoms with E-state index in [2.05, 4.69) is 35.8 Å². The van der Waals surface area contributed by atoms with Crippen LogP contribution in [0.25, 0.3) is 0 Å². The third-order valence-corrected chi connectivity index (χ3v) is 6.10. The Morgan fingerprint density at radius 3 is 2.36 bits per heavy atom. The lowest BCUT2D eigenvalue weighted by molar-refractivity contribution is 0.308. The molecule has 0 spiro atoms. The van der Waals surface area contributed by atoms with E-state index in [1.807, 2.05) is 12.4 Å². The van der Waals surface area contributed by atoms with E-state index in [-0.39, 0.29) is 0 Å². The van der Waals surface area contributed by atoms with E-state index < -0.39 is 0 Å². The van der Waals surface area contributed by atoms with E-state index in [9.17, 15) is 0 Å². The van der Waals surface area contributed by atoms with Gasteiger partial charge >= 0.3 is 0 Å². The van der Waals surface area contributed by atoms with E-state index in [1.165, 1.54) is 30.5 Å². The van der Waals surface area contributed by atoms with Crippen LogP contribution in [0.15, 0.2) is 31.1 Å². The van der Waals surface area contributed by atoms with E-state index in [0.717, 1.165) is 50.4 Å². The maximum Gasteiger partial charge on any atom is 0.132 e. The predicted molar refractivity (Wildman–Crippen MR) is 95.1 cm³/mol. The van der Waals surface area contributed by atoms with Gasteiger partial charge in [-0.1, -0.05) is 6.42 Å². The molecule has 0 N–H and O–H groups in total. The van der Waals surface area contributed by atoms with Crippen LogP contribution in [-0.2, 0) is 6.54 Å². The first kappa shape index (κ1) is 15.2. The van der Waals surface area contributed by atoms with Gasteiger partial charge in [-0.15, -0.1) is 0 Å². The SMILES string of the molecule is c1ncc(CN2CC3CN(c4cc(C5CCC5)ncn4)CC3C2)cn1. The first-order valence-corrected chi connectivity index (χ1v) is 9.38. The molecule has 2 aliphatic heterocycles. The molecular weight excluding hydrogens is 312 g/mol. The standard InChI is InChI=1S/C19H24N6/c1-2-15(3-1)18-4-19(23-13-22-18)25-10-16-8-24(9-17(16)11-25)7-14-5-20-12-21-6-14/h4-6,12-13,15-17H,1-3,7-11H2. The minimum absolute atomic E-state index is 0.674. The number of likely N-dealkylation sites (tertiary alicyclic amines) is 1. The molecule has 2 aromatic heterocycles. The van der Waals surface area contributed by atoms with Crippen LogP contribution in [0.3, 0.4) is 0 Å². The van der Waals surface area contributed by atoms with Gasteiger partial charge in [0.15, 0.2) is 0 Å². The van der Waals surface area contributed by atoms with Gasteiger partial charge in [0.25, 0.3) is 0 Å². The minimum atomic E-state index is 0.674. The average molecular weight is 336 g/mol. The lowest BCUT2D eigenvalue weighted by Gasteiger charge is -2.26. The third-order valence-electron chi connectivity index (χ3n) is 6.10. The second-order valence-electron chi connectivity index (χ2n) is 7.79. The number of rotatable bonds is 4. The zero-order chi connectivity index (χ0) is 16.6. The molecule has 2 atom stereocenters. The van der Waals surface area contributed by atoms with E-state index in [1.54, 1.807) is 12.7 Å². The lowest BCUT2D eigenvalue weighted by atomic mass is 9.83. The van der Waals surface area contributed by atoms with Crippen molar-refractivity contribution in [2.45, 2.75) is 31.7 Å². The van der Waals surface area contributed by atoms with Crippen LogP contribution in [0.5, 0.6) is 0 Å². The molecule has 1 aliphatic carbocycles. The van der Waals surface area contributed by atoms with E-state index in [4.69, 9.17) is 0 Å². The summed E-state index contributed by atoms with van der Waals surface area (Å²) in [4.78, 5) is 22.3. The number of hydrogen-bond acceptors (Lipinski definition) is 6. The number of nitrogens with zero attached hydrogens (tertiary/aromatic N) is 6. The Kier molecular flexibility index (Phi) is 3.85. The van der Waals surface area contributed by atoms with Crippen LogP contribution in [0.1, 0.15) is 36.4 Å². The first-order chi connectivity index (χ1) is 12.3. The summed E-state index contributed by atoms with van der Waals surface area (Å²) < 4.78 is 0. The molecule has 3 fully saturated rings. The molecule has 2 saturated heterocycles. The van der Waals surface area contributed by atoms with Gasteiger partial charge in [0.1, 0.15) is 18.5 Å². The van der Waals surface area contributed by atoms with Gasteiger partial charge in [-0.25, -0.2) is 19.9 Å². The smallest absolute Gasteiger partial charge is 0.132 e. The van der Waals surface area contributed by atoms with Gasteiger partial charge in [-0.2, -0.15) is 0 Å². The predicted octanol–water partition coefficient (Wildman–Crippen LogP) is 2.10. The number of aromatic nitrogens is 4.